The van der Waals surface area contributed by atoms with Crippen LogP contribution in [0.5, 0.6) is 0 Å². The van der Waals surface area contributed by atoms with Gasteiger partial charge in [-0.05, 0) is 13.8 Å². The fourth-order valence-corrected chi connectivity index (χ4v) is 4.43. The number of alkyl halides is 1. The second-order valence-electron chi connectivity index (χ2n) is 6.04. The summed E-state index contributed by atoms with van der Waals surface area (Å²) in [6.45, 7) is 6.51. The van der Waals surface area contributed by atoms with Crippen molar-refractivity contribution in [3.63, 3.8) is 0 Å². The van der Waals surface area contributed by atoms with Gasteiger partial charge in [0.1, 0.15) is 16.8 Å². The van der Waals surface area contributed by atoms with Crippen LogP contribution in [-0.4, -0.2) is 57.4 Å². The van der Waals surface area contributed by atoms with E-state index in [1.807, 2.05) is 13.8 Å². The number of carbonyl (C=O) groups excluding carboxylic acids is 3. The summed E-state index contributed by atoms with van der Waals surface area (Å²) in [7, 11) is 1.15. The molecular weight excluding hydrogens is 334 g/mol. The zero-order valence-corrected chi connectivity index (χ0v) is 14.5. The number of hydrogen-bond donors (Lipinski definition) is 0. The predicted octanol–water partition coefficient (Wildman–Crippen LogP) is 1.72. The Morgan fingerprint density at radius 2 is 1.91 bits per heavy atom. The summed E-state index contributed by atoms with van der Waals surface area (Å²) in [5.41, 5.74) is 0. The molecule has 2 rings (SSSR count). The molecule has 0 aromatic heterocycles. The van der Waals surface area contributed by atoms with Gasteiger partial charge in [0.15, 0.2) is 0 Å². The molecule has 0 N–H and O–H groups in total. The molecule has 124 valence electrons. The number of carbonyl (C=O) groups is 3. The van der Waals surface area contributed by atoms with Crippen molar-refractivity contribution in [3.8, 4) is 0 Å². The molecule has 0 saturated carbocycles. The average Bonchev–Trinajstić information content (AvgIpc) is 2.65. The molecule has 0 radical (unpaired) electrons. The molecule has 0 aromatic carbocycles. The second-order valence-corrected chi connectivity index (χ2v) is 8.28. The van der Waals surface area contributed by atoms with Gasteiger partial charge in [-0.25, -0.2) is 9.59 Å². The molecule has 1 amide bonds. The minimum absolute atomic E-state index is 0.244. The van der Waals surface area contributed by atoms with Crippen molar-refractivity contribution in [2.75, 3.05) is 7.11 Å². The molecule has 22 heavy (non-hydrogen) atoms. The standard InChI is InChI=1S/C13H18ClNO6S/c1-12(2)7(15-8(16)6(14)9(15)22-12)10(17)20-13(3,4)21-11(18)19-5/h6-7,9H,1-5H3/t6-,7+,9-/m1/s1. The summed E-state index contributed by atoms with van der Waals surface area (Å²) in [4.78, 5) is 37.0. The first-order valence-corrected chi connectivity index (χ1v) is 7.95. The topological polar surface area (TPSA) is 82.1 Å². The van der Waals surface area contributed by atoms with E-state index in [2.05, 4.69) is 4.74 Å². The molecule has 2 fully saturated rings. The number of nitrogens with zero attached hydrogens (tertiary/aromatic N) is 1. The van der Waals surface area contributed by atoms with Crippen LogP contribution in [0, 0.1) is 0 Å². The third-order valence-electron chi connectivity index (χ3n) is 3.44. The van der Waals surface area contributed by atoms with Gasteiger partial charge in [-0.3, -0.25) is 4.79 Å². The molecule has 2 aliphatic heterocycles. The zero-order chi connectivity index (χ0) is 16.9. The zero-order valence-electron chi connectivity index (χ0n) is 12.9. The van der Waals surface area contributed by atoms with Crippen molar-refractivity contribution in [3.05, 3.63) is 0 Å². The first kappa shape index (κ1) is 17.2. The smallest absolute Gasteiger partial charge is 0.438 e. The Bertz CT molecular complexity index is 523. The molecule has 0 unspecified atom stereocenters. The van der Waals surface area contributed by atoms with E-state index in [9.17, 15) is 14.4 Å². The van der Waals surface area contributed by atoms with E-state index in [0.717, 1.165) is 7.11 Å². The monoisotopic (exact) mass is 351 g/mol. The maximum atomic E-state index is 12.5. The minimum atomic E-state index is -1.50. The Kier molecular flexibility index (Phi) is 4.29. The number of amides is 1. The van der Waals surface area contributed by atoms with E-state index in [-0.39, 0.29) is 11.3 Å². The summed E-state index contributed by atoms with van der Waals surface area (Å²) in [6.07, 6.45) is -0.961. The Hall–Kier alpha value is -1.15. The summed E-state index contributed by atoms with van der Waals surface area (Å²) >= 11 is 7.42. The number of hydrogen-bond acceptors (Lipinski definition) is 7. The molecule has 3 atom stereocenters. The summed E-state index contributed by atoms with van der Waals surface area (Å²) < 4.78 is 13.9. The van der Waals surface area contributed by atoms with E-state index in [4.69, 9.17) is 21.1 Å². The Labute approximate surface area is 137 Å². The molecule has 0 bridgehead atoms. The SMILES string of the molecule is COC(=O)OC(C)(C)OC(=O)[C@@H]1N2C(=O)[C@@H](Cl)[C@H]2SC1(C)C. The van der Waals surface area contributed by atoms with Gasteiger partial charge in [0.25, 0.3) is 5.79 Å². The second kappa shape index (κ2) is 5.49. The van der Waals surface area contributed by atoms with E-state index in [0.29, 0.717) is 0 Å². The van der Waals surface area contributed by atoms with Crippen molar-refractivity contribution in [1.29, 1.82) is 0 Å². The van der Waals surface area contributed by atoms with Crippen molar-refractivity contribution < 1.29 is 28.6 Å². The Balaban J connectivity index is 2.12. The largest absolute Gasteiger partial charge is 0.511 e. The lowest BCUT2D eigenvalue weighted by Gasteiger charge is -2.41. The number of methoxy groups -OCH3 is 1. The van der Waals surface area contributed by atoms with Crippen LogP contribution in [0.2, 0.25) is 0 Å². The van der Waals surface area contributed by atoms with Crippen LogP contribution in [0.4, 0.5) is 4.79 Å². The van der Waals surface area contributed by atoms with Gasteiger partial charge in [0, 0.05) is 18.6 Å². The fourth-order valence-electron chi connectivity index (χ4n) is 2.51. The van der Waals surface area contributed by atoms with Gasteiger partial charge in [-0.2, -0.15) is 0 Å². The van der Waals surface area contributed by atoms with Crippen LogP contribution in [0.3, 0.4) is 0 Å². The Morgan fingerprint density at radius 1 is 1.32 bits per heavy atom. The molecule has 2 heterocycles. The number of thioether (sulfide) groups is 1. The molecule has 0 aliphatic carbocycles. The van der Waals surface area contributed by atoms with E-state index >= 15 is 0 Å². The quantitative estimate of drug-likeness (QED) is 0.331. The lowest BCUT2D eigenvalue weighted by Crippen LogP contribution is -2.64. The van der Waals surface area contributed by atoms with Crippen LogP contribution in [0.15, 0.2) is 0 Å². The van der Waals surface area contributed by atoms with Crippen molar-refractivity contribution in [2.45, 2.75) is 55.0 Å². The van der Waals surface area contributed by atoms with Crippen LogP contribution in [-0.2, 0) is 23.8 Å². The van der Waals surface area contributed by atoms with Gasteiger partial charge < -0.3 is 19.1 Å². The number of rotatable bonds is 3. The van der Waals surface area contributed by atoms with Gasteiger partial charge in [-0.15, -0.1) is 23.4 Å². The fraction of sp³-hybridized carbons (Fsp3) is 0.769. The van der Waals surface area contributed by atoms with Crippen LogP contribution < -0.4 is 0 Å². The highest BCUT2D eigenvalue weighted by Gasteiger charge is 2.64. The number of halogens is 1. The van der Waals surface area contributed by atoms with E-state index in [1.54, 1.807) is 0 Å². The van der Waals surface area contributed by atoms with Crippen LogP contribution in [0.1, 0.15) is 27.7 Å². The lowest BCUT2D eigenvalue weighted by molar-refractivity contribution is -0.207. The highest BCUT2D eigenvalue weighted by molar-refractivity contribution is 8.01. The third kappa shape index (κ3) is 2.86. The molecule has 0 spiro atoms. The van der Waals surface area contributed by atoms with Crippen molar-refractivity contribution in [1.82, 2.24) is 4.90 Å². The highest BCUT2D eigenvalue weighted by Crippen LogP contribution is 2.52. The molecule has 2 saturated heterocycles. The molecule has 0 aromatic rings. The summed E-state index contributed by atoms with van der Waals surface area (Å²) in [5.74, 6) is -2.44. The summed E-state index contributed by atoms with van der Waals surface area (Å²) in [5, 5.41) is -0.868. The average molecular weight is 352 g/mol. The van der Waals surface area contributed by atoms with Crippen molar-refractivity contribution in [2.24, 2.45) is 0 Å². The normalized spacial score (nSPS) is 29.5. The van der Waals surface area contributed by atoms with Crippen LogP contribution >= 0.6 is 23.4 Å². The van der Waals surface area contributed by atoms with Gasteiger partial charge in [0.05, 0.1) is 7.11 Å². The number of fused-ring (bicyclic) bond motifs is 1. The predicted molar refractivity (Wildman–Crippen MR) is 79.4 cm³/mol. The molecule has 7 nitrogen and oxygen atoms in total. The lowest BCUT2D eigenvalue weighted by atomic mass is 9.98. The number of ether oxygens (including phenoxy) is 3. The van der Waals surface area contributed by atoms with E-state index < -0.39 is 34.1 Å². The van der Waals surface area contributed by atoms with Crippen molar-refractivity contribution >= 4 is 41.4 Å². The Morgan fingerprint density at radius 3 is 2.45 bits per heavy atom. The highest BCUT2D eigenvalue weighted by atomic mass is 35.5. The van der Waals surface area contributed by atoms with Gasteiger partial charge >= 0.3 is 12.1 Å². The van der Waals surface area contributed by atoms with Gasteiger partial charge in [0.2, 0.25) is 5.91 Å². The summed E-state index contributed by atoms with van der Waals surface area (Å²) in [6, 6.07) is -0.787. The molecule has 9 heteroatoms. The minimum Gasteiger partial charge on any atom is -0.438 e. The van der Waals surface area contributed by atoms with E-state index in [1.165, 1.54) is 30.5 Å². The maximum Gasteiger partial charge on any atom is 0.511 e. The maximum absolute atomic E-state index is 12.5. The van der Waals surface area contributed by atoms with Crippen LogP contribution in [0.25, 0.3) is 0 Å². The molecule has 2 aliphatic rings. The number of esters is 1. The first-order chi connectivity index (χ1) is 10.00. The third-order valence-corrected chi connectivity index (χ3v) is 5.59. The first-order valence-electron chi connectivity index (χ1n) is 6.64. The number of β-lactam (4-membered cyclic amide) rings is 1. The van der Waals surface area contributed by atoms with Gasteiger partial charge in [-0.1, -0.05) is 0 Å². The molecular formula is C13H18ClNO6S.